The first kappa shape index (κ1) is 12.4. The van der Waals surface area contributed by atoms with Crippen LogP contribution >= 0.6 is 15.9 Å². The second kappa shape index (κ2) is 4.81. The number of H-pyrrole nitrogens is 1. The summed E-state index contributed by atoms with van der Waals surface area (Å²) in [5.41, 5.74) is 4.60. The van der Waals surface area contributed by atoms with Crippen LogP contribution in [-0.4, -0.2) is 16.1 Å². The highest BCUT2D eigenvalue weighted by Gasteiger charge is 2.22. The highest BCUT2D eigenvalue weighted by molar-refractivity contribution is 9.10. The van der Waals surface area contributed by atoms with E-state index in [0.717, 1.165) is 46.2 Å². The average molecular weight is 320 g/mol. The number of rotatable bonds is 2. The molecule has 0 fully saturated rings. The third kappa shape index (κ3) is 2.30. The molecule has 0 saturated carbocycles. The van der Waals surface area contributed by atoms with E-state index in [1.165, 1.54) is 0 Å². The van der Waals surface area contributed by atoms with Gasteiger partial charge in [-0.15, -0.1) is 0 Å². The zero-order valence-electron chi connectivity index (χ0n) is 10.6. The first-order chi connectivity index (χ1) is 9.15. The van der Waals surface area contributed by atoms with Gasteiger partial charge >= 0.3 is 0 Å². The molecular weight excluding hydrogens is 306 g/mol. The van der Waals surface area contributed by atoms with Gasteiger partial charge in [0.25, 0.3) is 5.91 Å². The lowest BCUT2D eigenvalue weighted by atomic mass is 10.2. The van der Waals surface area contributed by atoms with E-state index in [9.17, 15) is 4.79 Å². The molecule has 5 heteroatoms. The van der Waals surface area contributed by atoms with Gasteiger partial charge in [-0.2, -0.15) is 5.10 Å². The van der Waals surface area contributed by atoms with E-state index in [2.05, 4.69) is 31.4 Å². The van der Waals surface area contributed by atoms with Gasteiger partial charge in [0.2, 0.25) is 0 Å². The molecule has 0 bridgehead atoms. The summed E-state index contributed by atoms with van der Waals surface area (Å²) in [7, 11) is 0. The molecule has 1 aromatic carbocycles. The molecule has 0 aliphatic heterocycles. The van der Waals surface area contributed by atoms with E-state index in [0.29, 0.717) is 5.69 Å². The molecule has 19 heavy (non-hydrogen) atoms. The summed E-state index contributed by atoms with van der Waals surface area (Å²) in [5, 5.41) is 9.98. The third-order valence-electron chi connectivity index (χ3n) is 3.44. The Morgan fingerprint density at radius 3 is 3.05 bits per heavy atom. The van der Waals surface area contributed by atoms with Gasteiger partial charge in [-0.05, 0) is 49.9 Å². The second-order valence-electron chi connectivity index (χ2n) is 4.80. The van der Waals surface area contributed by atoms with Gasteiger partial charge in [-0.3, -0.25) is 9.89 Å². The summed E-state index contributed by atoms with van der Waals surface area (Å²) in [6.45, 7) is 1.99. The zero-order valence-corrected chi connectivity index (χ0v) is 12.2. The molecule has 0 spiro atoms. The Balaban J connectivity index is 1.83. The van der Waals surface area contributed by atoms with Crippen molar-refractivity contribution in [2.45, 2.75) is 26.2 Å². The summed E-state index contributed by atoms with van der Waals surface area (Å²) in [4.78, 5) is 12.2. The van der Waals surface area contributed by atoms with Crippen LogP contribution in [0.1, 0.15) is 33.7 Å². The number of benzene rings is 1. The van der Waals surface area contributed by atoms with Crippen molar-refractivity contribution in [2.75, 3.05) is 5.32 Å². The molecule has 2 aromatic rings. The van der Waals surface area contributed by atoms with Gasteiger partial charge in [-0.1, -0.05) is 15.9 Å². The van der Waals surface area contributed by atoms with E-state index in [4.69, 9.17) is 0 Å². The largest absolute Gasteiger partial charge is 0.321 e. The molecule has 0 radical (unpaired) electrons. The minimum Gasteiger partial charge on any atom is -0.321 e. The Bertz CT molecular complexity index is 648. The monoisotopic (exact) mass is 319 g/mol. The van der Waals surface area contributed by atoms with Crippen molar-refractivity contribution in [3.63, 3.8) is 0 Å². The molecule has 0 atom stereocenters. The Kier molecular flexibility index (Phi) is 3.14. The zero-order chi connectivity index (χ0) is 13.4. The van der Waals surface area contributed by atoms with Crippen LogP contribution in [0.15, 0.2) is 22.7 Å². The smallest absolute Gasteiger partial charge is 0.276 e. The summed E-state index contributed by atoms with van der Waals surface area (Å²) in [6, 6.07) is 5.75. The van der Waals surface area contributed by atoms with Gasteiger partial charge in [0.05, 0.1) is 0 Å². The second-order valence-corrected chi connectivity index (χ2v) is 5.66. The lowest BCUT2D eigenvalue weighted by Crippen LogP contribution is -2.14. The van der Waals surface area contributed by atoms with Crippen molar-refractivity contribution < 1.29 is 4.79 Å². The van der Waals surface area contributed by atoms with Crippen molar-refractivity contribution in [1.29, 1.82) is 0 Å². The molecular formula is C14H14BrN3O. The maximum absolute atomic E-state index is 12.2. The van der Waals surface area contributed by atoms with Crippen LogP contribution in [0.5, 0.6) is 0 Å². The van der Waals surface area contributed by atoms with E-state index in [1.807, 2.05) is 25.1 Å². The summed E-state index contributed by atoms with van der Waals surface area (Å²) >= 11 is 3.44. The fourth-order valence-electron chi connectivity index (χ4n) is 2.42. The maximum atomic E-state index is 12.2. The number of aromatic amines is 1. The van der Waals surface area contributed by atoms with E-state index >= 15 is 0 Å². The number of hydrogen-bond donors (Lipinski definition) is 2. The van der Waals surface area contributed by atoms with Crippen LogP contribution in [-0.2, 0) is 12.8 Å². The summed E-state index contributed by atoms with van der Waals surface area (Å²) in [6.07, 6.45) is 3.03. The number of carbonyl (C=O) groups excluding carboxylic acids is 1. The number of carbonyl (C=O) groups is 1. The van der Waals surface area contributed by atoms with Crippen molar-refractivity contribution in [3.05, 3.63) is 45.2 Å². The van der Waals surface area contributed by atoms with Crippen LogP contribution in [0, 0.1) is 6.92 Å². The predicted octanol–water partition coefficient (Wildman–Crippen LogP) is 3.22. The number of anilines is 1. The minimum atomic E-state index is -0.138. The van der Waals surface area contributed by atoms with Crippen LogP contribution in [0.2, 0.25) is 0 Å². The van der Waals surface area contributed by atoms with E-state index < -0.39 is 0 Å². The Hall–Kier alpha value is -1.62. The maximum Gasteiger partial charge on any atom is 0.276 e. The number of nitrogens with zero attached hydrogens (tertiary/aromatic N) is 1. The van der Waals surface area contributed by atoms with Gasteiger partial charge in [0.1, 0.15) is 0 Å². The van der Waals surface area contributed by atoms with Crippen LogP contribution in [0.4, 0.5) is 5.69 Å². The predicted molar refractivity (Wildman–Crippen MR) is 77.4 cm³/mol. The molecule has 1 heterocycles. The van der Waals surface area contributed by atoms with Crippen LogP contribution in [0.25, 0.3) is 0 Å². The minimum absolute atomic E-state index is 0.138. The van der Waals surface area contributed by atoms with Gasteiger partial charge in [0.15, 0.2) is 5.69 Å². The van der Waals surface area contributed by atoms with Crippen molar-refractivity contribution in [1.82, 2.24) is 10.2 Å². The number of hydrogen-bond acceptors (Lipinski definition) is 2. The number of aryl methyl sites for hydroxylation is 2. The number of amides is 1. The SMILES string of the molecule is Cc1cc(NC(=O)c2n[nH]c3c2CCC3)ccc1Br. The van der Waals surface area contributed by atoms with Crippen LogP contribution in [0.3, 0.4) is 0 Å². The van der Waals surface area contributed by atoms with E-state index in [-0.39, 0.29) is 5.91 Å². The van der Waals surface area contributed by atoms with Gasteiger partial charge in [0, 0.05) is 21.4 Å². The highest BCUT2D eigenvalue weighted by atomic mass is 79.9. The Morgan fingerprint density at radius 2 is 2.26 bits per heavy atom. The highest BCUT2D eigenvalue weighted by Crippen LogP contribution is 2.24. The molecule has 1 aromatic heterocycles. The molecule has 1 aliphatic carbocycles. The van der Waals surface area contributed by atoms with Crippen LogP contribution < -0.4 is 5.32 Å². The molecule has 98 valence electrons. The molecule has 0 unspecified atom stereocenters. The molecule has 1 aliphatic rings. The number of fused-ring (bicyclic) bond motifs is 1. The number of nitrogens with one attached hydrogen (secondary N) is 2. The standard InChI is InChI=1S/C14H14BrN3O/c1-8-7-9(5-6-11(8)15)16-14(19)13-10-3-2-4-12(10)17-18-13/h5-7H,2-4H2,1H3,(H,16,19)(H,17,18). The normalized spacial score (nSPS) is 13.4. The average Bonchev–Trinajstić information content (AvgIpc) is 2.95. The van der Waals surface area contributed by atoms with Crippen molar-refractivity contribution in [3.8, 4) is 0 Å². The van der Waals surface area contributed by atoms with E-state index in [1.54, 1.807) is 0 Å². The fraction of sp³-hybridized carbons (Fsp3) is 0.286. The Labute approximate surface area is 119 Å². The fourth-order valence-corrected chi connectivity index (χ4v) is 2.67. The number of aromatic nitrogens is 2. The van der Waals surface area contributed by atoms with Crippen molar-refractivity contribution >= 4 is 27.5 Å². The molecule has 0 saturated heterocycles. The topological polar surface area (TPSA) is 57.8 Å². The van der Waals surface area contributed by atoms with Gasteiger partial charge in [-0.25, -0.2) is 0 Å². The summed E-state index contributed by atoms with van der Waals surface area (Å²) in [5.74, 6) is -0.138. The first-order valence-electron chi connectivity index (χ1n) is 6.29. The number of halogens is 1. The molecule has 3 rings (SSSR count). The molecule has 4 nitrogen and oxygen atoms in total. The third-order valence-corrected chi connectivity index (χ3v) is 4.33. The first-order valence-corrected chi connectivity index (χ1v) is 7.08. The molecule has 1 amide bonds. The lowest BCUT2D eigenvalue weighted by Gasteiger charge is -2.06. The lowest BCUT2D eigenvalue weighted by molar-refractivity contribution is 0.102. The quantitative estimate of drug-likeness (QED) is 0.892. The summed E-state index contributed by atoms with van der Waals surface area (Å²) < 4.78 is 1.03. The molecule has 2 N–H and O–H groups in total. The Morgan fingerprint density at radius 1 is 1.42 bits per heavy atom. The van der Waals surface area contributed by atoms with Gasteiger partial charge < -0.3 is 5.32 Å². The van der Waals surface area contributed by atoms with Crippen molar-refractivity contribution in [2.24, 2.45) is 0 Å².